The molecule has 0 heterocycles. The van der Waals surface area contributed by atoms with Crippen molar-refractivity contribution in [1.29, 1.82) is 5.26 Å². The molecule has 0 aliphatic heterocycles. The van der Waals surface area contributed by atoms with Crippen LogP contribution in [-0.4, -0.2) is 11.7 Å². The fourth-order valence-electron chi connectivity index (χ4n) is 1.91. The van der Waals surface area contributed by atoms with Crippen LogP contribution in [0, 0.1) is 17.6 Å². The second kappa shape index (κ2) is 8.52. The topological polar surface area (TPSA) is 52.9 Å². The third kappa shape index (κ3) is 5.14. The summed E-state index contributed by atoms with van der Waals surface area (Å²) in [4.78, 5) is 12.9. The third-order valence-corrected chi connectivity index (χ3v) is 4.56. The van der Waals surface area contributed by atoms with Gasteiger partial charge in [0.2, 0.25) is 5.91 Å². The van der Waals surface area contributed by atoms with E-state index in [1.165, 1.54) is 5.56 Å². The molecule has 0 saturated carbocycles. The van der Waals surface area contributed by atoms with Crippen molar-refractivity contribution in [2.45, 2.75) is 17.6 Å². The van der Waals surface area contributed by atoms with E-state index in [-0.39, 0.29) is 5.91 Å². The van der Waals surface area contributed by atoms with E-state index in [1.54, 1.807) is 11.8 Å². The maximum absolute atomic E-state index is 12.0. The number of aryl methyl sites for hydroxylation is 1. The van der Waals surface area contributed by atoms with Gasteiger partial charge >= 0.3 is 0 Å². The summed E-state index contributed by atoms with van der Waals surface area (Å²) in [6, 6.07) is 15.7. The van der Waals surface area contributed by atoms with Crippen LogP contribution >= 0.6 is 23.5 Å². The van der Waals surface area contributed by atoms with Gasteiger partial charge in [0.25, 0.3) is 0 Å². The van der Waals surface area contributed by atoms with Crippen LogP contribution in [0.15, 0.2) is 53.4 Å². The minimum atomic E-state index is -0.00952. The number of amides is 1. The number of hydrogen-bond donors (Lipinski definition) is 1. The summed E-state index contributed by atoms with van der Waals surface area (Å²) < 4.78 is 0. The minimum Gasteiger partial charge on any atom is -0.325 e. The number of benzene rings is 2. The molecule has 2 aromatic rings. The lowest BCUT2D eigenvalue weighted by Gasteiger charge is -2.09. The quantitative estimate of drug-likeness (QED) is 0.629. The van der Waals surface area contributed by atoms with Crippen molar-refractivity contribution in [3.05, 3.63) is 59.7 Å². The molecule has 5 heteroatoms. The Labute approximate surface area is 139 Å². The molecule has 0 aliphatic rings. The molecule has 0 bridgehead atoms. The summed E-state index contributed by atoms with van der Waals surface area (Å²) in [6.45, 7) is 1.92. The average Bonchev–Trinajstić information content (AvgIpc) is 2.51. The van der Waals surface area contributed by atoms with E-state index >= 15 is 0 Å². The summed E-state index contributed by atoms with van der Waals surface area (Å²) in [5.74, 6) is 1.23. The zero-order valence-corrected chi connectivity index (χ0v) is 13.8. The molecule has 2 aromatic carbocycles. The van der Waals surface area contributed by atoms with Crippen molar-refractivity contribution in [2.75, 3.05) is 11.1 Å². The van der Waals surface area contributed by atoms with Gasteiger partial charge in [-0.2, -0.15) is 5.26 Å². The van der Waals surface area contributed by atoms with Crippen molar-refractivity contribution in [3.63, 3.8) is 0 Å². The first-order chi connectivity index (χ1) is 10.7. The van der Waals surface area contributed by atoms with Crippen LogP contribution in [0.5, 0.6) is 0 Å². The summed E-state index contributed by atoms with van der Waals surface area (Å²) in [6.07, 6.45) is 0. The van der Waals surface area contributed by atoms with Gasteiger partial charge in [0.15, 0.2) is 0 Å². The molecule has 0 spiro atoms. The highest BCUT2D eigenvalue weighted by Gasteiger charge is 2.06. The lowest BCUT2D eigenvalue weighted by Crippen LogP contribution is -2.15. The highest BCUT2D eigenvalue weighted by molar-refractivity contribution is 8.03. The lowest BCUT2D eigenvalue weighted by atomic mass is 10.2. The number of thioether (sulfide) groups is 2. The fourth-order valence-corrected chi connectivity index (χ4v) is 3.18. The van der Waals surface area contributed by atoms with Gasteiger partial charge in [0.05, 0.1) is 5.75 Å². The highest BCUT2D eigenvalue weighted by Crippen LogP contribution is 2.23. The monoisotopic (exact) mass is 328 g/mol. The Morgan fingerprint density at radius 1 is 1.23 bits per heavy atom. The van der Waals surface area contributed by atoms with E-state index in [4.69, 9.17) is 5.26 Å². The maximum Gasteiger partial charge on any atom is 0.234 e. The maximum atomic E-state index is 12.0. The van der Waals surface area contributed by atoms with Gasteiger partial charge in [0.1, 0.15) is 5.40 Å². The smallest absolute Gasteiger partial charge is 0.234 e. The van der Waals surface area contributed by atoms with Gasteiger partial charge in [-0.05, 0) is 48.0 Å². The lowest BCUT2D eigenvalue weighted by molar-refractivity contribution is -0.113. The predicted molar refractivity (Wildman–Crippen MR) is 93.9 cm³/mol. The van der Waals surface area contributed by atoms with Crippen LogP contribution in [0.4, 0.5) is 5.69 Å². The molecule has 1 amide bonds. The molecule has 0 aliphatic carbocycles. The van der Waals surface area contributed by atoms with Crippen LogP contribution in [0.2, 0.25) is 0 Å². The molecule has 112 valence electrons. The first-order valence-electron chi connectivity index (χ1n) is 6.77. The van der Waals surface area contributed by atoms with Gasteiger partial charge in [-0.15, -0.1) is 11.8 Å². The summed E-state index contributed by atoms with van der Waals surface area (Å²) in [5, 5.41) is 13.6. The van der Waals surface area contributed by atoms with E-state index in [2.05, 4.69) is 17.4 Å². The average molecular weight is 328 g/mol. The molecule has 0 unspecified atom stereocenters. The SMILES string of the molecule is Cc1cc(SC#N)ccc1NC(=O)CSCc1ccccc1. The second-order valence-electron chi connectivity index (χ2n) is 4.70. The number of nitrogens with zero attached hydrogens (tertiary/aromatic N) is 1. The number of rotatable bonds is 6. The number of thiocyanates is 1. The Kier molecular flexibility index (Phi) is 6.38. The molecule has 0 atom stereocenters. The van der Waals surface area contributed by atoms with Crippen LogP contribution in [0.1, 0.15) is 11.1 Å². The summed E-state index contributed by atoms with van der Waals surface area (Å²) in [7, 11) is 0. The van der Waals surface area contributed by atoms with E-state index in [0.29, 0.717) is 5.75 Å². The number of carbonyl (C=O) groups is 1. The van der Waals surface area contributed by atoms with Gasteiger partial charge in [-0.1, -0.05) is 30.3 Å². The van der Waals surface area contributed by atoms with E-state index in [0.717, 1.165) is 33.7 Å². The summed E-state index contributed by atoms with van der Waals surface area (Å²) >= 11 is 2.71. The van der Waals surface area contributed by atoms with Crippen LogP contribution in [-0.2, 0) is 10.5 Å². The molecule has 2 rings (SSSR count). The molecule has 0 fully saturated rings. The molecular formula is C17H16N2OS2. The zero-order chi connectivity index (χ0) is 15.8. The molecule has 0 aromatic heterocycles. The molecule has 0 radical (unpaired) electrons. The number of carbonyl (C=O) groups excluding carboxylic acids is 1. The Morgan fingerprint density at radius 3 is 2.68 bits per heavy atom. The minimum absolute atomic E-state index is 0.00952. The third-order valence-electron chi connectivity index (χ3n) is 2.98. The Morgan fingerprint density at radius 2 is 2.00 bits per heavy atom. The van der Waals surface area contributed by atoms with Crippen LogP contribution in [0.25, 0.3) is 0 Å². The number of nitrogens with one attached hydrogen (secondary N) is 1. The number of nitriles is 1. The fraction of sp³-hybridized carbons (Fsp3) is 0.176. The van der Waals surface area contributed by atoms with E-state index < -0.39 is 0 Å². The zero-order valence-electron chi connectivity index (χ0n) is 12.2. The van der Waals surface area contributed by atoms with Crippen molar-refractivity contribution in [2.24, 2.45) is 0 Å². The normalized spacial score (nSPS) is 10.0. The first kappa shape index (κ1) is 16.5. The van der Waals surface area contributed by atoms with Gasteiger partial charge in [-0.3, -0.25) is 4.79 Å². The van der Waals surface area contributed by atoms with Crippen molar-refractivity contribution in [3.8, 4) is 5.40 Å². The molecular weight excluding hydrogens is 312 g/mol. The van der Waals surface area contributed by atoms with Gasteiger partial charge in [-0.25, -0.2) is 0 Å². The van der Waals surface area contributed by atoms with E-state index in [9.17, 15) is 4.79 Å². The molecule has 0 saturated heterocycles. The summed E-state index contributed by atoms with van der Waals surface area (Å²) in [5.41, 5.74) is 2.98. The van der Waals surface area contributed by atoms with Crippen molar-refractivity contribution < 1.29 is 4.79 Å². The second-order valence-corrected chi connectivity index (χ2v) is 6.54. The number of hydrogen-bond acceptors (Lipinski definition) is 4. The molecule has 3 nitrogen and oxygen atoms in total. The van der Waals surface area contributed by atoms with Crippen molar-refractivity contribution >= 4 is 35.1 Å². The van der Waals surface area contributed by atoms with Crippen LogP contribution in [0.3, 0.4) is 0 Å². The van der Waals surface area contributed by atoms with Crippen molar-refractivity contribution in [1.82, 2.24) is 0 Å². The molecule has 22 heavy (non-hydrogen) atoms. The first-order valence-corrected chi connectivity index (χ1v) is 8.74. The van der Waals surface area contributed by atoms with Gasteiger partial charge in [0, 0.05) is 16.3 Å². The van der Waals surface area contributed by atoms with E-state index in [1.807, 2.05) is 48.7 Å². The number of anilines is 1. The Hall–Kier alpha value is -1.90. The van der Waals surface area contributed by atoms with Gasteiger partial charge < -0.3 is 5.32 Å². The Bertz CT molecular complexity index is 681. The van der Waals surface area contributed by atoms with Crippen LogP contribution < -0.4 is 5.32 Å². The molecule has 1 N–H and O–H groups in total. The Balaban J connectivity index is 1.83. The highest BCUT2D eigenvalue weighted by atomic mass is 32.2. The predicted octanol–water partition coefficient (Wildman–Crippen LogP) is 4.44. The standard InChI is InChI=1S/C17H16N2OS2/c1-13-9-15(22-12-18)7-8-16(13)19-17(20)11-21-10-14-5-3-2-4-6-14/h2-9H,10-11H2,1H3,(H,19,20). The largest absolute Gasteiger partial charge is 0.325 e.